The van der Waals surface area contributed by atoms with Gasteiger partial charge in [0.2, 0.25) is 0 Å². The monoisotopic (exact) mass is 249 g/mol. The molecule has 3 heteroatoms. The van der Waals surface area contributed by atoms with Crippen LogP contribution in [0.2, 0.25) is 0 Å². The summed E-state index contributed by atoms with van der Waals surface area (Å²) in [7, 11) is 3.30. The van der Waals surface area contributed by atoms with Crippen LogP contribution in [-0.2, 0) is 0 Å². The number of nitrogens with one attached hydrogen (secondary N) is 1. The summed E-state index contributed by atoms with van der Waals surface area (Å²) in [6, 6.07) is 6.31. The Labute approximate surface area is 110 Å². The van der Waals surface area contributed by atoms with Crippen molar-refractivity contribution in [1.82, 2.24) is 5.32 Å². The first kappa shape index (κ1) is 14.6. The van der Waals surface area contributed by atoms with E-state index in [2.05, 4.69) is 24.9 Å². The minimum atomic E-state index is 0.280. The van der Waals surface area contributed by atoms with E-state index in [0.29, 0.717) is 0 Å². The molecule has 0 aliphatic heterocycles. The fraction of sp³-hybridized carbons (Fsp3) is 0.467. The molecular formula is C15H23NO2. The minimum Gasteiger partial charge on any atom is -0.493 e. The number of hydrogen-bond acceptors (Lipinski definition) is 3. The van der Waals surface area contributed by atoms with Crippen molar-refractivity contribution < 1.29 is 9.47 Å². The normalized spacial score (nSPS) is 11.9. The molecule has 0 radical (unpaired) electrons. The molecule has 0 aliphatic rings. The van der Waals surface area contributed by atoms with Gasteiger partial charge in [-0.25, -0.2) is 0 Å². The zero-order valence-electron chi connectivity index (χ0n) is 11.5. The van der Waals surface area contributed by atoms with Crippen molar-refractivity contribution >= 4 is 0 Å². The Morgan fingerprint density at radius 3 is 2.56 bits per heavy atom. The Morgan fingerprint density at radius 2 is 2.00 bits per heavy atom. The molecule has 0 saturated heterocycles. The molecule has 1 aromatic rings. The first-order valence-corrected chi connectivity index (χ1v) is 6.33. The van der Waals surface area contributed by atoms with Crippen molar-refractivity contribution in [3.63, 3.8) is 0 Å². The van der Waals surface area contributed by atoms with Gasteiger partial charge in [0.05, 0.1) is 14.2 Å². The highest BCUT2D eigenvalue weighted by Crippen LogP contribution is 2.30. The van der Waals surface area contributed by atoms with Gasteiger partial charge < -0.3 is 14.8 Å². The highest BCUT2D eigenvalue weighted by atomic mass is 16.5. The minimum absolute atomic E-state index is 0.280. The maximum atomic E-state index is 5.33. The highest BCUT2D eigenvalue weighted by molar-refractivity contribution is 5.43. The summed E-state index contributed by atoms with van der Waals surface area (Å²) in [5.74, 6) is 1.52. The van der Waals surface area contributed by atoms with Crippen LogP contribution in [0, 0.1) is 0 Å². The fourth-order valence-corrected chi connectivity index (χ4v) is 1.89. The molecule has 3 nitrogen and oxygen atoms in total. The number of benzene rings is 1. The highest BCUT2D eigenvalue weighted by Gasteiger charge is 2.12. The van der Waals surface area contributed by atoms with Gasteiger partial charge in [-0.05, 0) is 37.1 Å². The molecule has 0 saturated carbocycles. The lowest BCUT2D eigenvalue weighted by molar-refractivity contribution is 0.353. The van der Waals surface area contributed by atoms with E-state index in [4.69, 9.17) is 9.47 Å². The van der Waals surface area contributed by atoms with Crippen LogP contribution < -0.4 is 14.8 Å². The molecule has 1 N–H and O–H groups in total. The van der Waals surface area contributed by atoms with Gasteiger partial charge in [-0.3, -0.25) is 0 Å². The van der Waals surface area contributed by atoms with E-state index in [0.717, 1.165) is 30.9 Å². The SMILES string of the molecule is C=CCC(NCCC)c1ccc(OC)c(OC)c1. The van der Waals surface area contributed by atoms with E-state index in [9.17, 15) is 0 Å². The van der Waals surface area contributed by atoms with E-state index in [1.54, 1.807) is 14.2 Å². The second kappa shape index (κ2) is 7.77. The van der Waals surface area contributed by atoms with E-state index >= 15 is 0 Å². The first-order chi connectivity index (χ1) is 8.76. The molecule has 0 spiro atoms. The molecule has 0 bridgehead atoms. The average molecular weight is 249 g/mol. The predicted molar refractivity (Wildman–Crippen MR) is 75.4 cm³/mol. The lowest BCUT2D eigenvalue weighted by Crippen LogP contribution is -2.21. The number of ether oxygens (including phenoxy) is 2. The van der Waals surface area contributed by atoms with E-state index in [1.165, 1.54) is 5.56 Å². The Morgan fingerprint density at radius 1 is 1.28 bits per heavy atom. The van der Waals surface area contributed by atoms with Gasteiger partial charge in [0.15, 0.2) is 11.5 Å². The van der Waals surface area contributed by atoms with Crippen LogP contribution in [0.5, 0.6) is 11.5 Å². The summed E-state index contributed by atoms with van der Waals surface area (Å²) in [6.07, 6.45) is 3.94. The maximum Gasteiger partial charge on any atom is 0.161 e. The summed E-state index contributed by atoms with van der Waals surface area (Å²) < 4.78 is 10.6. The van der Waals surface area contributed by atoms with Gasteiger partial charge in [-0.2, -0.15) is 0 Å². The van der Waals surface area contributed by atoms with Crippen LogP contribution in [0.4, 0.5) is 0 Å². The third kappa shape index (κ3) is 3.77. The summed E-state index contributed by atoms with van der Waals surface area (Å²) in [4.78, 5) is 0. The summed E-state index contributed by atoms with van der Waals surface area (Å²) in [5, 5.41) is 3.51. The molecule has 18 heavy (non-hydrogen) atoms. The number of hydrogen-bond donors (Lipinski definition) is 1. The second-order valence-corrected chi connectivity index (χ2v) is 4.15. The molecule has 1 atom stereocenters. The van der Waals surface area contributed by atoms with Gasteiger partial charge in [0.25, 0.3) is 0 Å². The van der Waals surface area contributed by atoms with Gasteiger partial charge in [-0.15, -0.1) is 6.58 Å². The van der Waals surface area contributed by atoms with E-state index < -0.39 is 0 Å². The third-order valence-corrected chi connectivity index (χ3v) is 2.85. The molecule has 0 amide bonds. The first-order valence-electron chi connectivity index (χ1n) is 6.33. The lowest BCUT2D eigenvalue weighted by atomic mass is 10.0. The van der Waals surface area contributed by atoms with Crippen molar-refractivity contribution in [2.75, 3.05) is 20.8 Å². The molecule has 0 aliphatic carbocycles. The van der Waals surface area contributed by atoms with E-state index in [1.807, 2.05) is 18.2 Å². The standard InChI is InChI=1S/C15H23NO2/c1-5-7-13(16-10-6-2)12-8-9-14(17-3)15(11-12)18-4/h5,8-9,11,13,16H,1,6-7,10H2,2-4H3. The van der Waals surface area contributed by atoms with Gasteiger partial charge in [0.1, 0.15) is 0 Å². The van der Waals surface area contributed by atoms with Gasteiger partial charge in [-0.1, -0.05) is 19.1 Å². The fourth-order valence-electron chi connectivity index (χ4n) is 1.89. The van der Waals surface area contributed by atoms with Crippen LogP contribution in [-0.4, -0.2) is 20.8 Å². The quantitative estimate of drug-likeness (QED) is 0.717. The Kier molecular flexibility index (Phi) is 6.29. The zero-order chi connectivity index (χ0) is 13.4. The number of rotatable bonds is 8. The molecule has 0 aromatic heterocycles. The predicted octanol–water partition coefficient (Wildman–Crippen LogP) is 3.32. The maximum absolute atomic E-state index is 5.33. The van der Waals surface area contributed by atoms with E-state index in [-0.39, 0.29) is 6.04 Å². The van der Waals surface area contributed by atoms with Crippen LogP contribution in [0.3, 0.4) is 0 Å². The van der Waals surface area contributed by atoms with Crippen LogP contribution in [0.1, 0.15) is 31.4 Å². The van der Waals surface area contributed by atoms with Crippen LogP contribution >= 0.6 is 0 Å². The van der Waals surface area contributed by atoms with Crippen molar-refractivity contribution in [1.29, 1.82) is 0 Å². The Balaban J connectivity index is 2.93. The van der Waals surface area contributed by atoms with Crippen molar-refractivity contribution in [3.05, 3.63) is 36.4 Å². The number of methoxy groups -OCH3 is 2. The molecule has 1 unspecified atom stereocenters. The van der Waals surface area contributed by atoms with Crippen molar-refractivity contribution in [2.45, 2.75) is 25.8 Å². The summed E-state index contributed by atoms with van der Waals surface area (Å²) in [5.41, 5.74) is 1.20. The average Bonchev–Trinajstić information content (AvgIpc) is 2.42. The second-order valence-electron chi connectivity index (χ2n) is 4.15. The molecule has 1 rings (SSSR count). The van der Waals surface area contributed by atoms with Crippen molar-refractivity contribution in [2.24, 2.45) is 0 Å². The Hall–Kier alpha value is -1.48. The Bertz CT molecular complexity index is 377. The molecule has 0 heterocycles. The van der Waals surface area contributed by atoms with Crippen LogP contribution in [0.15, 0.2) is 30.9 Å². The smallest absolute Gasteiger partial charge is 0.161 e. The molecular weight excluding hydrogens is 226 g/mol. The third-order valence-electron chi connectivity index (χ3n) is 2.85. The largest absolute Gasteiger partial charge is 0.493 e. The molecule has 100 valence electrons. The lowest BCUT2D eigenvalue weighted by Gasteiger charge is -2.19. The van der Waals surface area contributed by atoms with Crippen molar-refractivity contribution in [3.8, 4) is 11.5 Å². The van der Waals surface area contributed by atoms with Gasteiger partial charge >= 0.3 is 0 Å². The summed E-state index contributed by atoms with van der Waals surface area (Å²) >= 11 is 0. The topological polar surface area (TPSA) is 30.5 Å². The van der Waals surface area contributed by atoms with Gasteiger partial charge in [0, 0.05) is 6.04 Å². The van der Waals surface area contributed by atoms with Crippen LogP contribution in [0.25, 0.3) is 0 Å². The zero-order valence-corrected chi connectivity index (χ0v) is 11.5. The molecule has 0 fully saturated rings. The summed E-state index contributed by atoms with van der Waals surface area (Å²) in [6.45, 7) is 6.97. The molecule has 1 aromatic carbocycles.